The number of aromatic nitrogens is 1. The second-order valence-corrected chi connectivity index (χ2v) is 7.46. The van der Waals surface area contributed by atoms with Crippen LogP contribution in [0.25, 0.3) is 10.9 Å². The summed E-state index contributed by atoms with van der Waals surface area (Å²) in [5.41, 5.74) is 2.64. The molecule has 3 heteroatoms. The second-order valence-electron chi connectivity index (χ2n) is 7.46. The van der Waals surface area contributed by atoms with Crippen molar-refractivity contribution in [1.29, 1.82) is 0 Å². The van der Waals surface area contributed by atoms with Gasteiger partial charge in [-0.15, -0.1) is 0 Å². The summed E-state index contributed by atoms with van der Waals surface area (Å²) in [5.74, 6) is 0.293. The lowest BCUT2D eigenvalue weighted by molar-refractivity contribution is 0.119. The van der Waals surface area contributed by atoms with Gasteiger partial charge in [-0.25, -0.2) is 0 Å². The average Bonchev–Trinajstić information content (AvgIpc) is 2.88. The van der Waals surface area contributed by atoms with Crippen LogP contribution in [0.4, 0.5) is 0 Å². The van der Waals surface area contributed by atoms with Gasteiger partial charge in [0.25, 0.3) is 0 Å². The summed E-state index contributed by atoms with van der Waals surface area (Å²) in [4.78, 5) is 3.37. The van der Waals surface area contributed by atoms with Gasteiger partial charge in [0.05, 0.1) is 6.10 Å². The molecule has 0 saturated heterocycles. The number of hydrogen-bond donors (Lipinski definition) is 3. The first-order chi connectivity index (χ1) is 10.3. The lowest BCUT2D eigenvalue weighted by atomic mass is 9.79. The van der Waals surface area contributed by atoms with Crippen molar-refractivity contribution < 1.29 is 5.11 Å². The predicted octanol–water partition coefficient (Wildman–Crippen LogP) is 3.83. The van der Waals surface area contributed by atoms with Crippen molar-refractivity contribution in [2.75, 3.05) is 6.54 Å². The van der Waals surface area contributed by atoms with Gasteiger partial charge in [0, 0.05) is 29.7 Å². The Kier molecular flexibility index (Phi) is 5.30. The molecule has 0 aliphatic rings. The smallest absolute Gasteiger partial charge is 0.0687 e. The largest absolute Gasteiger partial charge is 0.392 e. The molecule has 0 spiro atoms. The Morgan fingerprint density at radius 3 is 2.55 bits per heavy atom. The van der Waals surface area contributed by atoms with Crippen molar-refractivity contribution >= 4 is 10.9 Å². The minimum atomic E-state index is -0.279. The molecule has 0 aliphatic heterocycles. The number of aliphatic hydroxyl groups is 1. The molecule has 0 amide bonds. The van der Waals surface area contributed by atoms with E-state index in [0.29, 0.717) is 18.5 Å². The normalized spacial score (nSPS) is 15.4. The summed E-state index contributed by atoms with van der Waals surface area (Å²) >= 11 is 0. The first kappa shape index (κ1) is 17.0. The standard InChI is InChI=1S/C19H30N2O/c1-13(2)18(22)12-20-14(3)10-19(4,5)16-11-21-17-9-7-6-8-15(16)17/h6-9,11,13-14,18,20-22H,10,12H2,1-5H3. The van der Waals surface area contributed by atoms with Gasteiger partial charge in [-0.3, -0.25) is 0 Å². The Balaban J connectivity index is 2.04. The lowest BCUT2D eigenvalue weighted by Gasteiger charge is -2.29. The van der Waals surface area contributed by atoms with Crippen LogP contribution in [0.3, 0.4) is 0 Å². The summed E-state index contributed by atoms with van der Waals surface area (Å²) in [5, 5.41) is 14.7. The van der Waals surface area contributed by atoms with E-state index in [4.69, 9.17) is 0 Å². The maximum Gasteiger partial charge on any atom is 0.0687 e. The Morgan fingerprint density at radius 2 is 1.86 bits per heavy atom. The number of aromatic amines is 1. The van der Waals surface area contributed by atoms with Crippen LogP contribution in [0.5, 0.6) is 0 Å². The van der Waals surface area contributed by atoms with Gasteiger partial charge in [0.15, 0.2) is 0 Å². The van der Waals surface area contributed by atoms with Crippen molar-refractivity contribution in [3.63, 3.8) is 0 Å². The van der Waals surface area contributed by atoms with Crippen molar-refractivity contribution in [2.45, 2.75) is 58.6 Å². The Bertz CT molecular complexity index is 600. The van der Waals surface area contributed by atoms with Crippen LogP contribution in [-0.2, 0) is 5.41 Å². The number of benzene rings is 1. The fraction of sp³-hybridized carbons (Fsp3) is 0.579. The molecule has 0 aliphatic carbocycles. The van der Waals surface area contributed by atoms with E-state index in [9.17, 15) is 5.11 Å². The summed E-state index contributed by atoms with van der Waals surface area (Å²) < 4.78 is 0. The summed E-state index contributed by atoms with van der Waals surface area (Å²) in [6.45, 7) is 11.5. The fourth-order valence-corrected chi connectivity index (χ4v) is 3.14. The van der Waals surface area contributed by atoms with Gasteiger partial charge in [0.1, 0.15) is 0 Å². The molecule has 2 atom stereocenters. The van der Waals surface area contributed by atoms with E-state index in [0.717, 1.165) is 6.42 Å². The minimum absolute atomic E-state index is 0.0782. The molecule has 122 valence electrons. The van der Waals surface area contributed by atoms with Crippen LogP contribution in [0.2, 0.25) is 0 Å². The highest BCUT2D eigenvalue weighted by molar-refractivity contribution is 5.84. The van der Waals surface area contributed by atoms with E-state index in [2.05, 4.69) is 61.5 Å². The number of nitrogens with one attached hydrogen (secondary N) is 2. The van der Waals surface area contributed by atoms with Crippen LogP contribution >= 0.6 is 0 Å². The Hall–Kier alpha value is -1.32. The molecule has 2 unspecified atom stereocenters. The van der Waals surface area contributed by atoms with Crippen molar-refractivity contribution in [1.82, 2.24) is 10.3 Å². The Morgan fingerprint density at radius 1 is 1.18 bits per heavy atom. The van der Waals surface area contributed by atoms with Crippen LogP contribution in [-0.4, -0.2) is 28.8 Å². The SMILES string of the molecule is CC(CC(C)(C)c1c[nH]c2ccccc12)NCC(O)C(C)C. The third-order valence-corrected chi connectivity index (χ3v) is 4.58. The van der Waals surface area contributed by atoms with Gasteiger partial charge in [-0.2, -0.15) is 0 Å². The number of aliphatic hydroxyl groups excluding tert-OH is 1. The molecule has 1 heterocycles. The van der Waals surface area contributed by atoms with Crippen molar-refractivity contribution in [3.05, 3.63) is 36.0 Å². The van der Waals surface area contributed by atoms with Crippen molar-refractivity contribution in [2.24, 2.45) is 5.92 Å². The molecular formula is C19H30N2O. The van der Waals surface area contributed by atoms with Gasteiger partial charge < -0.3 is 15.4 Å². The molecule has 3 nitrogen and oxygen atoms in total. The molecule has 2 aromatic rings. The van der Waals surface area contributed by atoms with E-state index in [-0.39, 0.29) is 11.5 Å². The van der Waals surface area contributed by atoms with E-state index < -0.39 is 0 Å². The molecule has 0 radical (unpaired) electrons. The highest BCUT2D eigenvalue weighted by Crippen LogP contribution is 2.33. The second kappa shape index (κ2) is 6.84. The molecular weight excluding hydrogens is 272 g/mol. The lowest BCUT2D eigenvalue weighted by Crippen LogP contribution is -2.39. The van der Waals surface area contributed by atoms with Crippen LogP contribution < -0.4 is 5.32 Å². The van der Waals surface area contributed by atoms with Gasteiger partial charge in [-0.05, 0) is 36.3 Å². The van der Waals surface area contributed by atoms with E-state index >= 15 is 0 Å². The number of para-hydroxylation sites is 1. The highest BCUT2D eigenvalue weighted by Gasteiger charge is 2.26. The molecule has 0 fully saturated rings. The first-order valence-corrected chi connectivity index (χ1v) is 8.29. The van der Waals surface area contributed by atoms with Gasteiger partial charge in [0.2, 0.25) is 0 Å². The van der Waals surface area contributed by atoms with Gasteiger partial charge >= 0.3 is 0 Å². The topological polar surface area (TPSA) is 48.0 Å². The van der Waals surface area contributed by atoms with Crippen LogP contribution in [0.15, 0.2) is 30.5 Å². The number of hydrogen-bond acceptors (Lipinski definition) is 2. The molecule has 22 heavy (non-hydrogen) atoms. The first-order valence-electron chi connectivity index (χ1n) is 8.29. The monoisotopic (exact) mass is 302 g/mol. The van der Waals surface area contributed by atoms with E-state index in [1.807, 2.05) is 13.8 Å². The quantitative estimate of drug-likeness (QED) is 0.728. The van der Waals surface area contributed by atoms with Crippen molar-refractivity contribution in [3.8, 4) is 0 Å². The molecule has 2 rings (SSSR count). The molecule has 1 aromatic heterocycles. The maximum atomic E-state index is 9.93. The van der Waals surface area contributed by atoms with E-state index in [1.165, 1.54) is 16.5 Å². The molecule has 1 aromatic carbocycles. The van der Waals surface area contributed by atoms with E-state index in [1.54, 1.807) is 0 Å². The molecule has 0 saturated carbocycles. The summed E-state index contributed by atoms with van der Waals surface area (Å²) in [6.07, 6.45) is 2.89. The van der Waals surface area contributed by atoms with Crippen LogP contribution in [0, 0.1) is 5.92 Å². The third-order valence-electron chi connectivity index (χ3n) is 4.58. The highest BCUT2D eigenvalue weighted by atomic mass is 16.3. The zero-order valence-corrected chi connectivity index (χ0v) is 14.5. The Labute approximate surface area is 134 Å². The maximum absolute atomic E-state index is 9.93. The summed E-state index contributed by atoms with van der Waals surface area (Å²) in [6, 6.07) is 8.82. The van der Waals surface area contributed by atoms with Gasteiger partial charge in [-0.1, -0.05) is 45.9 Å². The number of fused-ring (bicyclic) bond motifs is 1. The molecule has 3 N–H and O–H groups in total. The number of H-pyrrole nitrogens is 1. The third kappa shape index (κ3) is 3.90. The zero-order valence-electron chi connectivity index (χ0n) is 14.5. The fourth-order valence-electron chi connectivity index (χ4n) is 3.14. The zero-order chi connectivity index (χ0) is 16.3. The summed E-state index contributed by atoms with van der Waals surface area (Å²) in [7, 11) is 0. The average molecular weight is 302 g/mol. The minimum Gasteiger partial charge on any atom is -0.392 e. The van der Waals surface area contributed by atoms with Crippen LogP contribution in [0.1, 0.15) is 46.6 Å². The number of rotatable bonds is 7. The molecule has 0 bridgehead atoms. The predicted molar refractivity (Wildman–Crippen MR) is 94.3 cm³/mol.